The number of nitrogens with zero attached hydrogens (tertiary/aromatic N) is 1. The number of piperidine rings is 1. The number of amides is 1. The maximum Gasteiger partial charge on any atom is 0.274 e. The van der Waals surface area contributed by atoms with Crippen LogP contribution in [0.25, 0.3) is 0 Å². The van der Waals surface area contributed by atoms with Gasteiger partial charge in [-0.1, -0.05) is 0 Å². The quantitative estimate of drug-likeness (QED) is 0.620. The molecular weight excluding hydrogens is 280 g/mol. The number of nitrogens with one attached hydrogen (secondary N) is 2. The van der Waals surface area contributed by atoms with Crippen LogP contribution in [0.1, 0.15) is 26.2 Å². The molecule has 0 radical (unpaired) electrons. The van der Waals surface area contributed by atoms with Crippen molar-refractivity contribution in [2.24, 2.45) is 17.0 Å². The molecule has 4 N–H and O–H groups in total. The Morgan fingerprint density at radius 2 is 2.20 bits per heavy atom. The summed E-state index contributed by atoms with van der Waals surface area (Å²) in [6.07, 6.45) is 2.72. The molecule has 1 amide bonds. The van der Waals surface area contributed by atoms with Gasteiger partial charge in [0.1, 0.15) is 0 Å². The van der Waals surface area contributed by atoms with Gasteiger partial charge in [-0.05, 0) is 38.6 Å². The molecule has 2 aliphatic rings. The van der Waals surface area contributed by atoms with Crippen LogP contribution in [0.3, 0.4) is 0 Å². The van der Waals surface area contributed by atoms with Gasteiger partial charge in [0.05, 0.1) is 5.92 Å². The highest BCUT2D eigenvalue weighted by Gasteiger charge is 2.34. The molecule has 2 saturated heterocycles. The zero-order valence-electron chi connectivity index (χ0n) is 11.8. The second kappa shape index (κ2) is 6.38. The third-order valence-corrected chi connectivity index (χ3v) is 4.82. The lowest BCUT2D eigenvalue weighted by molar-refractivity contribution is -0.137. The van der Waals surface area contributed by atoms with Gasteiger partial charge in [0.25, 0.3) is 10.2 Å². The number of nitrogens with two attached hydrogens (primary N) is 1. The Morgan fingerprint density at radius 1 is 1.45 bits per heavy atom. The van der Waals surface area contributed by atoms with Crippen molar-refractivity contribution in [3.05, 3.63) is 0 Å². The van der Waals surface area contributed by atoms with E-state index in [2.05, 4.69) is 10.0 Å². The first kappa shape index (κ1) is 15.7. The van der Waals surface area contributed by atoms with E-state index in [1.54, 1.807) is 0 Å². The van der Waals surface area contributed by atoms with E-state index >= 15 is 0 Å². The van der Waals surface area contributed by atoms with E-state index in [1.165, 1.54) is 0 Å². The van der Waals surface area contributed by atoms with Crippen molar-refractivity contribution in [3.8, 4) is 0 Å². The van der Waals surface area contributed by atoms with E-state index in [9.17, 15) is 13.2 Å². The van der Waals surface area contributed by atoms with Crippen molar-refractivity contribution >= 4 is 16.1 Å². The second-order valence-corrected chi connectivity index (χ2v) is 7.20. The van der Waals surface area contributed by atoms with Gasteiger partial charge in [0.2, 0.25) is 5.91 Å². The molecule has 3 atom stereocenters. The molecule has 0 saturated carbocycles. The van der Waals surface area contributed by atoms with Gasteiger partial charge in [-0.15, -0.1) is 0 Å². The van der Waals surface area contributed by atoms with Gasteiger partial charge in [0, 0.05) is 25.7 Å². The molecule has 0 aromatic rings. The Bertz CT molecular complexity index is 454. The molecule has 0 aliphatic carbocycles. The summed E-state index contributed by atoms with van der Waals surface area (Å²) in [6, 6.07) is 0.227. The van der Waals surface area contributed by atoms with Crippen LogP contribution in [-0.4, -0.2) is 51.4 Å². The molecule has 0 spiro atoms. The summed E-state index contributed by atoms with van der Waals surface area (Å²) in [4.78, 5) is 14.4. The van der Waals surface area contributed by atoms with Gasteiger partial charge in [-0.25, -0.2) is 9.86 Å². The summed E-state index contributed by atoms with van der Waals surface area (Å²) < 4.78 is 24.2. The first-order valence-electron chi connectivity index (χ1n) is 7.16. The smallest absolute Gasteiger partial charge is 0.274 e. The monoisotopic (exact) mass is 304 g/mol. The first-order valence-corrected chi connectivity index (χ1v) is 8.71. The molecule has 2 fully saturated rings. The van der Waals surface area contributed by atoms with Crippen LogP contribution in [0, 0.1) is 11.8 Å². The third-order valence-electron chi connectivity index (χ3n) is 4.25. The van der Waals surface area contributed by atoms with Gasteiger partial charge in [-0.2, -0.15) is 8.42 Å². The lowest BCUT2D eigenvalue weighted by Crippen LogP contribution is -2.47. The summed E-state index contributed by atoms with van der Waals surface area (Å²) in [5, 5.41) is 8.23. The molecule has 2 rings (SSSR count). The summed E-state index contributed by atoms with van der Waals surface area (Å²) in [7, 11) is -3.65. The Hall–Kier alpha value is -0.700. The van der Waals surface area contributed by atoms with Crippen molar-refractivity contribution in [2.45, 2.75) is 32.2 Å². The fourth-order valence-corrected chi connectivity index (χ4v) is 3.56. The van der Waals surface area contributed by atoms with Gasteiger partial charge >= 0.3 is 0 Å². The minimum Gasteiger partial charge on any atom is -0.342 e. The molecule has 2 heterocycles. The number of carbonyl (C=O) groups excluding carboxylic acids is 1. The lowest BCUT2D eigenvalue weighted by Gasteiger charge is -2.35. The summed E-state index contributed by atoms with van der Waals surface area (Å²) in [5.41, 5.74) is 0. The Morgan fingerprint density at radius 3 is 2.80 bits per heavy atom. The highest BCUT2D eigenvalue weighted by Crippen LogP contribution is 2.22. The minimum absolute atomic E-state index is 0.0555. The minimum atomic E-state index is -3.65. The molecule has 20 heavy (non-hydrogen) atoms. The van der Waals surface area contributed by atoms with Crippen LogP contribution in [-0.2, 0) is 15.0 Å². The number of carbonyl (C=O) groups is 1. The number of rotatable bonds is 4. The summed E-state index contributed by atoms with van der Waals surface area (Å²) >= 11 is 0. The molecule has 3 unspecified atom stereocenters. The molecule has 0 bridgehead atoms. The SMILES string of the molecule is CC1NCCC1C(=O)N1CCCC(CNS(N)(=O)=O)C1. The fraction of sp³-hybridized carbons (Fsp3) is 0.917. The van der Waals surface area contributed by atoms with Crippen LogP contribution >= 0.6 is 0 Å². The predicted octanol–water partition coefficient (Wildman–Crippen LogP) is -0.984. The van der Waals surface area contributed by atoms with Gasteiger partial charge in [-0.3, -0.25) is 4.79 Å². The van der Waals surface area contributed by atoms with Crippen LogP contribution in [0.5, 0.6) is 0 Å². The molecule has 2 aliphatic heterocycles. The highest BCUT2D eigenvalue weighted by atomic mass is 32.2. The molecule has 0 aromatic carbocycles. The predicted molar refractivity (Wildman–Crippen MR) is 76.0 cm³/mol. The van der Waals surface area contributed by atoms with Crippen LogP contribution in [0.2, 0.25) is 0 Å². The molecule has 116 valence electrons. The van der Waals surface area contributed by atoms with Crippen LogP contribution < -0.4 is 15.2 Å². The molecular formula is C12H24N4O3S. The van der Waals surface area contributed by atoms with Crippen LogP contribution in [0.4, 0.5) is 0 Å². The van der Waals surface area contributed by atoms with Gasteiger partial charge in [0.15, 0.2) is 0 Å². The highest BCUT2D eigenvalue weighted by molar-refractivity contribution is 7.87. The van der Waals surface area contributed by atoms with Gasteiger partial charge < -0.3 is 10.2 Å². The van der Waals surface area contributed by atoms with Crippen molar-refractivity contribution in [3.63, 3.8) is 0 Å². The Labute approximate surface area is 120 Å². The molecule has 8 heteroatoms. The number of hydrogen-bond acceptors (Lipinski definition) is 4. The topological polar surface area (TPSA) is 105 Å². The maximum absolute atomic E-state index is 12.5. The zero-order valence-corrected chi connectivity index (χ0v) is 12.7. The van der Waals surface area contributed by atoms with Crippen molar-refractivity contribution in [2.75, 3.05) is 26.2 Å². The third kappa shape index (κ3) is 4.15. The van der Waals surface area contributed by atoms with Crippen LogP contribution in [0.15, 0.2) is 0 Å². The van der Waals surface area contributed by atoms with E-state index in [4.69, 9.17) is 5.14 Å². The molecule has 0 aromatic heterocycles. The molecule has 7 nitrogen and oxygen atoms in total. The Kier molecular flexibility index (Phi) is 5.00. The fourth-order valence-electron chi connectivity index (χ4n) is 3.10. The lowest BCUT2D eigenvalue weighted by atomic mass is 9.94. The van der Waals surface area contributed by atoms with Crippen molar-refractivity contribution < 1.29 is 13.2 Å². The van der Waals surface area contributed by atoms with E-state index in [-0.39, 0.29) is 23.8 Å². The summed E-state index contributed by atoms with van der Waals surface area (Å²) in [5.74, 6) is 0.401. The Balaban J connectivity index is 1.88. The van der Waals surface area contributed by atoms with E-state index < -0.39 is 10.2 Å². The van der Waals surface area contributed by atoms with E-state index in [0.29, 0.717) is 13.1 Å². The number of hydrogen-bond donors (Lipinski definition) is 3. The normalized spacial score (nSPS) is 31.5. The van der Waals surface area contributed by atoms with E-state index in [1.807, 2.05) is 11.8 Å². The van der Waals surface area contributed by atoms with Crippen molar-refractivity contribution in [1.82, 2.24) is 14.9 Å². The average molecular weight is 304 g/mol. The average Bonchev–Trinajstić information content (AvgIpc) is 2.81. The van der Waals surface area contributed by atoms with E-state index in [0.717, 1.165) is 32.4 Å². The summed E-state index contributed by atoms with van der Waals surface area (Å²) in [6.45, 7) is 4.63. The first-order chi connectivity index (χ1) is 9.37. The second-order valence-electron chi connectivity index (χ2n) is 5.82. The number of likely N-dealkylation sites (tertiary alicyclic amines) is 1. The van der Waals surface area contributed by atoms with Crippen molar-refractivity contribution in [1.29, 1.82) is 0 Å². The standard InChI is InChI=1S/C12H24N4O3S/c1-9-11(4-5-14-9)12(17)16-6-2-3-10(8-16)7-15-20(13,18)19/h9-11,14-15H,2-8H2,1H3,(H2,13,18,19). The maximum atomic E-state index is 12.5. The zero-order chi connectivity index (χ0) is 14.8. The largest absolute Gasteiger partial charge is 0.342 e.